The molecule has 2 aromatic rings. The Hall–Kier alpha value is -2.29. The van der Waals surface area contributed by atoms with Crippen LogP contribution in [0.15, 0.2) is 52.4 Å². The van der Waals surface area contributed by atoms with Crippen molar-refractivity contribution in [2.24, 2.45) is 4.99 Å². The van der Waals surface area contributed by atoms with Crippen LogP contribution in [0, 0.1) is 19.7 Å². The largest absolute Gasteiger partial charge is 0.368 e. The first-order chi connectivity index (χ1) is 14.8. The van der Waals surface area contributed by atoms with Gasteiger partial charge in [0, 0.05) is 26.2 Å². The number of hydrogen-bond donors (Lipinski definition) is 2. The quantitative estimate of drug-likeness (QED) is 0.761. The standard InChI is InChI=1S/C23H29FN4O2S/c1-17-13-18(2)15-21(14-17)31(29,30)28-11-7-23(8-12-28)22(25-9-10-27-23)26-16-19-3-5-20(24)6-4-19/h3-6,13-15,27H,7-12,16H2,1-2H3,(H,25,26). The number of piperidine rings is 1. The van der Waals surface area contributed by atoms with Gasteiger partial charge >= 0.3 is 0 Å². The van der Waals surface area contributed by atoms with E-state index in [1.807, 2.05) is 19.9 Å². The molecule has 1 fully saturated rings. The number of aliphatic imine (C=N–C) groups is 1. The van der Waals surface area contributed by atoms with Crippen molar-refractivity contribution in [1.82, 2.24) is 14.9 Å². The van der Waals surface area contributed by atoms with E-state index in [2.05, 4.69) is 10.6 Å². The first-order valence-electron chi connectivity index (χ1n) is 10.7. The lowest BCUT2D eigenvalue weighted by Crippen LogP contribution is -2.64. The second-order valence-corrected chi connectivity index (χ2v) is 10.4. The highest BCUT2D eigenvalue weighted by Crippen LogP contribution is 2.29. The zero-order chi connectivity index (χ0) is 22.1. The van der Waals surface area contributed by atoms with Crippen LogP contribution in [-0.4, -0.2) is 50.3 Å². The summed E-state index contributed by atoms with van der Waals surface area (Å²) in [4.78, 5) is 5.07. The smallest absolute Gasteiger partial charge is 0.243 e. The summed E-state index contributed by atoms with van der Waals surface area (Å²) in [6.45, 7) is 6.69. The van der Waals surface area contributed by atoms with Gasteiger partial charge in [-0.05, 0) is 67.6 Å². The zero-order valence-corrected chi connectivity index (χ0v) is 18.8. The van der Waals surface area contributed by atoms with Crippen molar-refractivity contribution >= 4 is 15.9 Å². The maximum Gasteiger partial charge on any atom is 0.243 e. The molecule has 6 nitrogen and oxygen atoms in total. The average Bonchev–Trinajstić information content (AvgIpc) is 2.74. The van der Waals surface area contributed by atoms with E-state index in [4.69, 9.17) is 4.99 Å². The maximum absolute atomic E-state index is 13.2. The lowest BCUT2D eigenvalue weighted by molar-refractivity contribution is 0.241. The van der Waals surface area contributed by atoms with Gasteiger partial charge in [0.2, 0.25) is 10.0 Å². The molecular formula is C23H29FN4O2S. The number of hydrogen-bond acceptors (Lipinski definition) is 5. The number of amidine groups is 1. The molecule has 4 rings (SSSR count). The van der Waals surface area contributed by atoms with Crippen molar-refractivity contribution < 1.29 is 12.8 Å². The van der Waals surface area contributed by atoms with Crippen LogP contribution in [0.3, 0.4) is 0 Å². The van der Waals surface area contributed by atoms with E-state index in [9.17, 15) is 12.8 Å². The van der Waals surface area contributed by atoms with E-state index in [0.717, 1.165) is 29.1 Å². The highest BCUT2D eigenvalue weighted by atomic mass is 32.2. The molecule has 2 aliphatic rings. The van der Waals surface area contributed by atoms with Crippen molar-refractivity contribution in [2.45, 2.75) is 43.7 Å². The van der Waals surface area contributed by atoms with E-state index in [1.165, 1.54) is 12.1 Å². The highest BCUT2D eigenvalue weighted by molar-refractivity contribution is 7.89. The normalized spacial score (nSPS) is 19.3. The van der Waals surface area contributed by atoms with Crippen LogP contribution < -0.4 is 10.6 Å². The average molecular weight is 445 g/mol. The molecule has 0 unspecified atom stereocenters. The van der Waals surface area contributed by atoms with Gasteiger partial charge in [-0.15, -0.1) is 0 Å². The van der Waals surface area contributed by atoms with Crippen LogP contribution in [0.4, 0.5) is 4.39 Å². The van der Waals surface area contributed by atoms with E-state index in [1.54, 1.807) is 28.6 Å². The van der Waals surface area contributed by atoms with E-state index in [0.29, 0.717) is 43.9 Å². The van der Waals surface area contributed by atoms with Crippen LogP contribution in [-0.2, 0) is 16.6 Å². The Labute approximate surface area is 183 Å². The van der Waals surface area contributed by atoms with E-state index < -0.39 is 10.0 Å². The molecule has 0 radical (unpaired) electrons. The van der Waals surface area contributed by atoms with Gasteiger partial charge in [0.1, 0.15) is 11.7 Å². The minimum atomic E-state index is -3.53. The maximum atomic E-state index is 13.2. The molecule has 2 heterocycles. The highest BCUT2D eigenvalue weighted by Gasteiger charge is 2.43. The second kappa shape index (κ2) is 8.68. The molecule has 0 saturated carbocycles. The van der Waals surface area contributed by atoms with Gasteiger partial charge in [-0.3, -0.25) is 4.99 Å². The molecule has 2 aromatic carbocycles. The molecule has 0 bridgehead atoms. The molecule has 31 heavy (non-hydrogen) atoms. The Morgan fingerprint density at radius 3 is 2.39 bits per heavy atom. The van der Waals surface area contributed by atoms with Crippen LogP contribution in [0.2, 0.25) is 0 Å². The topological polar surface area (TPSA) is 73.8 Å². The predicted octanol–water partition coefficient (Wildman–Crippen LogP) is 2.76. The summed E-state index contributed by atoms with van der Waals surface area (Å²) in [5.74, 6) is 0.612. The Kier molecular flexibility index (Phi) is 6.14. The molecular weight excluding hydrogens is 415 g/mol. The molecule has 0 aliphatic carbocycles. The number of aryl methyl sites for hydroxylation is 2. The van der Waals surface area contributed by atoms with E-state index in [-0.39, 0.29) is 11.4 Å². The monoisotopic (exact) mass is 444 g/mol. The van der Waals surface area contributed by atoms with Crippen molar-refractivity contribution in [3.05, 3.63) is 65.0 Å². The molecule has 1 saturated heterocycles. The molecule has 1 spiro atoms. The van der Waals surface area contributed by atoms with Gasteiger partial charge in [0.25, 0.3) is 0 Å². The van der Waals surface area contributed by atoms with Crippen LogP contribution in [0.25, 0.3) is 0 Å². The molecule has 166 valence electrons. The minimum Gasteiger partial charge on any atom is -0.368 e. The molecule has 0 aromatic heterocycles. The van der Waals surface area contributed by atoms with Crippen molar-refractivity contribution in [2.75, 3.05) is 26.2 Å². The fraction of sp³-hybridized carbons (Fsp3) is 0.435. The Balaban J connectivity index is 1.46. The third kappa shape index (κ3) is 4.66. The summed E-state index contributed by atoms with van der Waals surface area (Å²) in [5.41, 5.74) is 2.51. The number of benzene rings is 2. The summed E-state index contributed by atoms with van der Waals surface area (Å²) in [6, 6.07) is 11.9. The Morgan fingerprint density at radius 2 is 1.74 bits per heavy atom. The van der Waals surface area contributed by atoms with Crippen molar-refractivity contribution in [3.8, 4) is 0 Å². The lowest BCUT2D eigenvalue weighted by Gasteiger charge is -2.44. The predicted molar refractivity (Wildman–Crippen MR) is 120 cm³/mol. The van der Waals surface area contributed by atoms with Gasteiger partial charge in [-0.25, -0.2) is 12.8 Å². The van der Waals surface area contributed by atoms with Crippen molar-refractivity contribution in [3.63, 3.8) is 0 Å². The van der Waals surface area contributed by atoms with Gasteiger partial charge in [0.05, 0.1) is 17.0 Å². The van der Waals surface area contributed by atoms with Crippen molar-refractivity contribution in [1.29, 1.82) is 0 Å². The number of rotatable bonds is 4. The first-order valence-corrected chi connectivity index (χ1v) is 12.1. The fourth-order valence-electron chi connectivity index (χ4n) is 4.46. The van der Waals surface area contributed by atoms with Gasteiger partial charge < -0.3 is 10.6 Å². The Bertz CT molecular complexity index is 1060. The second-order valence-electron chi connectivity index (χ2n) is 8.45. The summed E-state index contributed by atoms with van der Waals surface area (Å²) >= 11 is 0. The summed E-state index contributed by atoms with van der Waals surface area (Å²) < 4.78 is 41.2. The molecule has 0 amide bonds. The zero-order valence-electron chi connectivity index (χ0n) is 18.0. The fourth-order valence-corrected chi connectivity index (χ4v) is 6.09. The first kappa shape index (κ1) is 21.9. The number of nitrogens with one attached hydrogen (secondary N) is 2. The summed E-state index contributed by atoms with van der Waals surface area (Å²) in [5, 5.41) is 7.00. The minimum absolute atomic E-state index is 0.255. The van der Waals surface area contributed by atoms with Crippen LogP contribution >= 0.6 is 0 Å². The van der Waals surface area contributed by atoms with Crippen LogP contribution in [0.5, 0.6) is 0 Å². The number of nitrogens with zero attached hydrogens (tertiary/aromatic N) is 2. The van der Waals surface area contributed by atoms with E-state index >= 15 is 0 Å². The molecule has 2 N–H and O–H groups in total. The van der Waals surface area contributed by atoms with Crippen LogP contribution in [0.1, 0.15) is 29.5 Å². The lowest BCUT2D eigenvalue weighted by atomic mass is 9.85. The van der Waals surface area contributed by atoms with Gasteiger partial charge in [-0.1, -0.05) is 18.2 Å². The molecule has 0 atom stereocenters. The number of halogens is 1. The molecule has 2 aliphatic heterocycles. The third-order valence-corrected chi connectivity index (χ3v) is 7.96. The SMILES string of the molecule is Cc1cc(C)cc(S(=O)(=O)N2CCC3(CC2)NCCN=C3NCc2ccc(F)cc2)c1. The summed E-state index contributed by atoms with van der Waals surface area (Å²) in [7, 11) is -3.53. The number of sulfonamides is 1. The Morgan fingerprint density at radius 1 is 1.10 bits per heavy atom. The van der Waals surface area contributed by atoms with Gasteiger partial charge in [0.15, 0.2) is 0 Å². The summed E-state index contributed by atoms with van der Waals surface area (Å²) in [6.07, 6.45) is 1.29. The van der Waals surface area contributed by atoms with Gasteiger partial charge in [-0.2, -0.15) is 4.31 Å². The third-order valence-electron chi connectivity index (χ3n) is 6.08. The molecule has 8 heteroatoms.